The van der Waals surface area contributed by atoms with Gasteiger partial charge < -0.3 is 5.32 Å². The maximum atomic E-state index is 4.76. The fourth-order valence-corrected chi connectivity index (χ4v) is 3.88. The zero-order chi connectivity index (χ0) is 10.1. The van der Waals surface area contributed by atoms with Crippen molar-refractivity contribution >= 4 is 11.3 Å². The van der Waals surface area contributed by atoms with Crippen LogP contribution >= 0.6 is 11.3 Å². The van der Waals surface area contributed by atoms with E-state index < -0.39 is 0 Å². The van der Waals surface area contributed by atoms with Gasteiger partial charge in [0.2, 0.25) is 0 Å². The standard InChI is InChI=1S/C12H18N2S/c1-2-7-13-9(4-1)8-12-14-10-5-3-6-11(10)15-12/h9,13H,1-8H2. The van der Waals surface area contributed by atoms with Crippen molar-refractivity contribution in [2.24, 2.45) is 0 Å². The van der Waals surface area contributed by atoms with Gasteiger partial charge in [-0.2, -0.15) is 0 Å². The van der Waals surface area contributed by atoms with Gasteiger partial charge in [-0.1, -0.05) is 6.42 Å². The van der Waals surface area contributed by atoms with Crippen LogP contribution in [0.3, 0.4) is 0 Å². The molecule has 1 fully saturated rings. The Balaban J connectivity index is 1.66. The zero-order valence-electron chi connectivity index (χ0n) is 9.09. The van der Waals surface area contributed by atoms with Gasteiger partial charge in [0, 0.05) is 17.3 Å². The lowest BCUT2D eigenvalue weighted by molar-refractivity contribution is 0.399. The molecule has 2 heterocycles. The molecule has 0 radical (unpaired) electrons. The fourth-order valence-electron chi connectivity index (χ4n) is 2.64. The molecule has 1 aromatic heterocycles. The van der Waals surface area contributed by atoms with E-state index in [4.69, 9.17) is 4.98 Å². The summed E-state index contributed by atoms with van der Waals surface area (Å²) in [5.41, 5.74) is 1.41. The van der Waals surface area contributed by atoms with Crippen LogP contribution in [0.25, 0.3) is 0 Å². The van der Waals surface area contributed by atoms with Crippen molar-refractivity contribution in [1.29, 1.82) is 0 Å². The number of hydrogen-bond acceptors (Lipinski definition) is 3. The molecule has 3 heteroatoms. The number of rotatable bonds is 2. The number of aryl methyl sites for hydroxylation is 2. The summed E-state index contributed by atoms with van der Waals surface area (Å²) in [6, 6.07) is 0.699. The van der Waals surface area contributed by atoms with E-state index in [1.54, 1.807) is 4.88 Å². The van der Waals surface area contributed by atoms with Gasteiger partial charge >= 0.3 is 0 Å². The summed E-state index contributed by atoms with van der Waals surface area (Å²) >= 11 is 1.96. The number of nitrogens with zero attached hydrogens (tertiary/aromatic N) is 1. The molecular weight excluding hydrogens is 204 g/mol. The summed E-state index contributed by atoms with van der Waals surface area (Å²) in [5, 5.41) is 4.97. The van der Waals surface area contributed by atoms with Crippen LogP contribution in [0, 0.1) is 0 Å². The molecule has 15 heavy (non-hydrogen) atoms. The molecule has 2 nitrogen and oxygen atoms in total. The van der Waals surface area contributed by atoms with E-state index in [-0.39, 0.29) is 0 Å². The number of thiazole rings is 1. The van der Waals surface area contributed by atoms with Crippen molar-refractivity contribution in [3.8, 4) is 0 Å². The Bertz CT molecular complexity index is 318. The molecule has 1 aliphatic heterocycles. The maximum Gasteiger partial charge on any atom is 0.0946 e. The third-order valence-electron chi connectivity index (χ3n) is 3.47. The lowest BCUT2D eigenvalue weighted by atomic mass is 10.0. The van der Waals surface area contributed by atoms with Crippen molar-refractivity contribution in [1.82, 2.24) is 10.3 Å². The monoisotopic (exact) mass is 222 g/mol. The molecule has 0 aromatic carbocycles. The minimum absolute atomic E-state index is 0.699. The van der Waals surface area contributed by atoms with E-state index in [1.165, 1.54) is 55.8 Å². The first kappa shape index (κ1) is 9.79. The second-order valence-electron chi connectivity index (χ2n) is 4.68. The van der Waals surface area contributed by atoms with Crippen molar-refractivity contribution in [2.45, 2.75) is 51.0 Å². The van der Waals surface area contributed by atoms with E-state index >= 15 is 0 Å². The fraction of sp³-hybridized carbons (Fsp3) is 0.750. The van der Waals surface area contributed by atoms with Crippen molar-refractivity contribution in [2.75, 3.05) is 6.54 Å². The average Bonchev–Trinajstić information content (AvgIpc) is 2.79. The molecule has 1 saturated heterocycles. The van der Waals surface area contributed by atoms with Crippen molar-refractivity contribution < 1.29 is 0 Å². The van der Waals surface area contributed by atoms with Gasteiger partial charge in [0.1, 0.15) is 0 Å². The first-order valence-corrected chi connectivity index (χ1v) is 6.94. The van der Waals surface area contributed by atoms with E-state index in [9.17, 15) is 0 Å². The van der Waals surface area contributed by atoms with Crippen molar-refractivity contribution in [3.05, 3.63) is 15.6 Å². The highest BCUT2D eigenvalue weighted by atomic mass is 32.1. The average molecular weight is 222 g/mol. The number of hydrogen-bond donors (Lipinski definition) is 1. The van der Waals surface area contributed by atoms with Crippen LogP contribution in [0.1, 0.15) is 41.3 Å². The quantitative estimate of drug-likeness (QED) is 0.830. The number of aromatic nitrogens is 1. The van der Waals surface area contributed by atoms with Gasteiger partial charge in [0.25, 0.3) is 0 Å². The molecule has 1 unspecified atom stereocenters. The van der Waals surface area contributed by atoms with Crippen LogP contribution < -0.4 is 5.32 Å². The summed E-state index contributed by atoms with van der Waals surface area (Å²) in [6.45, 7) is 1.20. The highest BCUT2D eigenvalue weighted by molar-refractivity contribution is 7.11. The number of piperidine rings is 1. The van der Waals surface area contributed by atoms with Crippen LogP contribution in [0.5, 0.6) is 0 Å². The van der Waals surface area contributed by atoms with Gasteiger partial charge in [-0.25, -0.2) is 4.98 Å². The van der Waals surface area contributed by atoms with E-state index in [0.29, 0.717) is 6.04 Å². The smallest absolute Gasteiger partial charge is 0.0946 e. The first-order valence-electron chi connectivity index (χ1n) is 6.12. The summed E-state index contributed by atoms with van der Waals surface area (Å²) < 4.78 is 0. The molecule has 2 aliphatic rings. The molecule has 1 aliphatic carbocycles. The van der Waals surface area contributed by atoms with E-state index in [2.05, 4.69) is 5.32 Å². The number of nitrogens with one attached hydrogen (secondary N) is 1. The Hall–Kier alpha value is -0.410. The molecule has 3 rings (SSSR count). The normalized spacial score (nSPS) is 25.5. The van der Waals surface area contributed by atoms with Gasteiger partial charge in [-0.05, 0) is 38.6 Å². The Morgan fingerprint density at radius 1 is 1.27 bits per heavy atom. The van der Waals surface area contributed by atoms with Gasteiger partial charge in [0.05, 0.1) is 10.7 Å². The summed E-state index contributed by atoms with van der Waals surface area (Å²) in [7, 11) is 0. The Morgan fingerprint density at radius 3 is 3.07 bits per heavy atom. The van der Waals surface area contributed by atoms with E-state index in [1.807, 2.05) is 11.3 Å². The Labute approximate surface area is 95.1 Å². The first-order chi connectivity index (χ1) is 7.42. The lowest BCUT2D eigenvalue weighted by Gasteiger charge is -2.22. The third-order valence-corrected chi connectivity index (χ3v) is 4.65. The molecular formula is C12H18N2S. The minimum Gasteiger partial charge on any atom is -0.314 e. The second-order valence-corrected chi connectivity index (χ2v) is 5.85. The topological polar surface area (TPSA) is 24.9 Å². The summed E-state index contributed by atoms with van der Waals surface area (Å²) in [6.07, 6.45) is 9.08. The zero-order valence-corrected chi connectivity index (χ0v) is 9.91. The van der Waals surface area contributed by atoms with Crippen molar-refractivity contribution in [3.63, 3.8) is 0 Å². The van der Waals surface area contributed by atoms with Gasteiger partial charge in [-0.3, -0.25) is 0 Å². The van der Waals surface area contributed by atoms with Crippen LogP contribution in [-0.4, -0.2) is 17.6 Å². The van der Waals surface area contributed by atoms with Crippen LogP contribution in [-0.2, 0) is 19.3 Å². The Kier molecular flexibility index (Phi) is 2.76. The van der Waals surface area contributed by atoms with Crippen LogP contribution in [0.2, 0.25) is 0 Å². The van der Waals surface area contributed by atoms with E-state index in [0.717, 1.165) is 6.42 Å². The molecule has 1 aromatic rings. The maximum absolute atomic E-state index is 4.76. The predicted octanol–water partition coefficient (Wildman–Crippen LogP) is 2.32. The van der Waals surface area contributed by atoms with Crippen LogP contribution in [0.4, 0.5) is 0 Å². The second kappa shape index (κ2) is 4.22. The predicted molar refractivity (Wildman–Crippen MR) is 63.5 cm³/mol. The Morgan fingerprint density at radius 2 is 2.27 bits per heavy atom. The largest absolute Gasteiger partial charge is 0.314 e. The molecule has 1 N–H and O–H groups in total. The molecule has 0 bridgehead atoms. The van der Waals surface area contributed by atoms with Crippen LogP contribution in [0.15, 0.2) is 0 Å². The molecule has 1 atom stereocenters. The molecule has 0 saturated carbocycles. The highest BCUT2D eigenvalue weighted by Crippen LogP contribution is 2.28. The SMILES string of the molecule is C1CCC(Cc2nc3c(s2)CCC3)NC1. The highest BCUT2D eigenvalue weighted by Gasteiger charge is 2.19. The molecule has 82 valence electrons. The van der Waals surface area contributed by atoms with Gasteiger partial charge in [-0.15, -0.1) is 11.3 Å². The molecule has 0 amide bonds. The number of fused-ring (bicyclic) bond motifs is 1. The van der Waals surface area contributed by atoms with Gasteiger partial charge in [0.15, 0.2) is 0 Å². The lowest BCUT2D eigenvalue weighted by Crippen LogP contribution is -2.35. The summed E-state index contributed by atoms with van der Waals surface area (Å²) in [4.78, 5) is 6.33. The minimum atomic E-state index is 0.699. The third kappa shape index (κ3) is 2.08. The summed E-state index contributed by atoms with van der Waals surface area (Å²) in [5.74, 6) is 0. The molecule has 0 spiro atoms.